The van der Waals surface area contributed by atoms with Gasteiger partial charge in [0.25, 0.3) is 0 Å². The van der Waals surface area contributed by atoms with Crippen LogP contribution in [-0.4, -0.2) is 35.3 Å². The number of ether oxygens (including phenoxy) is 1. The van der Waals surface area contributed by atoms with Crippen LogP contribution in [0.15, 0.2) is 6.33 Å². The van der Waals surface area contributed by atoms with Gasteiger partial charge in [-0.25, -0.2) is 9.97 Å². The van der Waals surface area contributed by atoms with Crippen molar-refractivity contribution in [3.05, 3.63) is 17.0 Å². The van der Waals surface area contributed by atoms with Crippen molar-refractivity contribution >= 4 is 17.4 Å². The summed E-state index contributed by atoms with van der Waals surface area (Å²) in [6, 6.07) is 0.373. The molecule has 1 fully saturated rings. The molecule has 0 aromatic carbocycles. The Morgan fingerprint density at radius 3 is 2.89 bits per heavy atom. The summed E-state index contributed by atoms with van der Waals surface area (Å²) in [5.41, 5.74) is 1.03. The number of hydrogen-bond acceptors (Lipinski definition) is 4. The Hall–Kier alpha value is -0.870. The fourth-order valence-electron chi connectivity index (χ4n) is 2.38. The Morgan fingerprint density at radius 2 is 2.22 bits per heavy atom. The molecule has 2 atom stereocenters. The summed E-state index contributed by atoms with van der Waals surface area (Å²) < 4.78 is 5.72. The van der Waals surface area contributed by atoms with Gasteiger partial charge in [-0.15, -0.1) is 0 Å². The Balaban J connectivity index is 2.36. The smallest absolute Gasteiger partial charge is 0.137 e. The summed E-state index contributed by atoms with van der Waals surface area (Å²) in [4.78, 5) is 10.8. The minimum atomic E-state index is 0.228. The third-order valence-electron chi connectivity index (χ3n) is 3.43. The maximum Gasteiger partial charge on any atom is 0.137 e. The summed E-state index contributed by atoms with van der Waals surface area (Å²) in [7, 11) is 0. The van der Waals surface area contributed by atoms with Crippen molar-refractivity contribution in [2.24, 2.45) is 0 Å². The molecule has 0 N–H and O–H groups in total. The van der Waals surface area contributed by atoms with Gasteiger partial charge in [0.2, 0.25) is 0 Å². The molecular formula is C13H20ClN3O. The molecule has 0 spiro atoms. The van der Waals surface area contributed by atoms with Gasteiger partial charge in [-0.3, -0.25) is 0 Å². The van der Waals surface area contributed by atoms with E-state index in [1.54, 1.807) is 6.33 Å². The zero-order valence-electron chi connectivity index (χ0n) is 11.2. The van der Waals surface area contributed by atoms with E-state index in [0.29, 0.717) is 11.2 Å². The van der Waals surface area contributed by atoms with E-state index >= 15 is 0 Å². The second kappa shape index (κ2) is 5.85. The summed E-state index contributed by atoms with van der Waals surface area (Å²) in [6.45, 7) is 7.96. The SMILES string of the molecule is CCc1c(Cl)ncnc1N1CC(C)OCC1CC. The van der Waals surface area contributed by atoms with Gasteiger partial charge in [-0.2, -0.15) is 0 Å². The molecule has 100 valence electrons. The highest BCUT2D eigenvalue weighted by Gasteiger charge is 2.28. The number of nitrogens with zero attached hydrogens (tertiary/aromatic N) is 3. The minimum Gasteiger partial charge on any atom is -0.375 e. The average Bonchev–Trinajstić information content (AvgIpc) is 2.38. The fraction of sp³-hybridized carbons (Fsp3) is 0.692. The van der Waals surface area contributed by atoms with Gasteiger partial charge >= 0.3 is 0 Å². The zero-order chi connectivity index (χ0) is 13.1. The van der Waals surface area contributed by atoms with Crippen LogP contribution in [0.1, 0.15) is 32.8 Å². The molecule has 2 rings (SSSR count). The topological polar surface area (TPSA) is 38.2 Å². The first kappa shape index (κ1) is 13.6. The minimum absolute atomic E-state index is 0.228. The van der Waals surface area contributed by atoms with Crippen LogP contribution in [0.4, 0.5) is 5.82 Å². The van der Waals surface area contributed by atoms with E-state index in [-0.39, 0.29) is 6.10 Å². The lowest BCUT2D eigenvalue weighted by molar-refractivity contribution is 0.0295. The number of anilines is 1. The molecule has 0 radical (unpaired) electrons. The van der Waals surface area contributed by atoms with Crippen molar-refractivity contribution in [1.29, 1.82) is 0 Å². The molecule has 5 heteroatoms. The van der Waals surface area contributed by atoms with Crippen LogP contribution in [0.2, 0.25) is 5.15 Å². The largest absolute Gasteiger partial charge is 0.375 e. The van der Waals surface area contributed by atoms with Gasteiger partial charge < -0.3 is 9.64 Å². The van der Waals surface area contributed by atoms with Crippen molar-refractivity contribution in [3.8, 4) is 0 Å². The Bertz CT molecular complexity index is 413. The second-order valence-corrected chi connectivity index (χ2v) is 5.04. The highest BCUT2D eigenvalue weighted by molar-refractivity contribution is 6.30. The second-order valence-electron chi connectivity index (χ2n) is 4.68. The van der Waals surface area contributed by atoms with Gasteiger partial charge in [0, 0.05) is 12.1 Å². The van der Waals surface area contributed by atoms with Crippen LogP contribution in [0.3, 0.4) is 0 Å². The first-order valence-corrected chi connectivity index (χ1v) is 6.92. The number of aromatic nitrogens is 2. The maximum atomic E-state index is 6.17. The molecule has 4 nitrogen and oxygen atoms in total. The molecule has 0 saturated carbocycles. The average molecular weight is 270 g/mol. The van der Waals surface area contributed by atoms with Crippen LogP contribution < -0.4 is 4.90 Å². The molecule has 2 unspecified atom stereocenters. The van der Waals surface area contributed by atoms with E-state index in [2.05, 4.69) is 35.6 Å². The van der Waals surface area contributed by atoms with E-state index in [1.165, 1.54) is 0 Å². The predicted molar refractivity (Wildman–Crippen MR) is 73.3 cm³/mol. The Labute approximate surface area is 113 Å². The number of halogens is 1. The molecule has 1 aliphatic heterocycles. The van der Waals surface area contributed by atoms with Crippen molar-refractivity contribution in [2.45, 2.75) is 45.8 Å². The van der Waals surface area contributed by atoms with Crippen molar-refractivity contribution < 1.29 is 4.74 Å². The molecule has 1 aromatic rings. The lowest BCUT2D eigenvalue weighted by Gasteiger charge is -2.39. The molecule has 1 saturated heterocycles. The molecule has 0 bridgehead atoms. The molecule has 0 amide bonds. The van der Waals surface area contributed by atoms with Crippen LogP contribution in [0.5, 0.6) is 0 Å². The van der Waals surface area contributed by atoms with Gasteiger partial charge in [0.05, 0.1) is 18.8 Å². The molecule has 18 heavy (non-hydrogen) atoms. The number of hydrogen-bond donors (Lipinski definition) is 0. The van der Waals surface area contributed by atoms with Crippen molar-refractivity contribution in [3.63, 3.8) is 0 Å². The third-order valence-corrected chi connectivity index (χ3v) is 3.76. The third kappa shape index (κ3) is 2.59. The summed E-state index contributed by atoms with van der Waals surface area (Å²) in [5.74, 6) is 0.972. The quantitative estimate of drug-likeness (QED) is 0.791. The van der Waals surface area contributed by atoms with Crippen LogP contribution in [0, 0.1) is 0 Å². The Morgan fingerprint density at radius 1 is 1.44 bits per heavy atom. The Kier molecular flexibility index (Phi) is 4.40. The molecule has 0 aliphatic carbocycles. The van der Waals surface area contributed by atoms with Gasteiger partial charge in [0.15, 0.2) is 0 Å². The highest BCUT2D eigenvalue weighted by Crippen LogP contribution is 2.28. The lowest BCUT2D eigenvalue weighted by atomic mass is 10.1. The molecule has 1 aliphatic rings. The maximum absolute atomic E-state index is 6.17. The summed E-state index contributed by atoms with van der Waals surface area (Å²) in [5, 5.41) is 0.566. The molecular weight excluding hydrogens is 250 g/mol. The highest BCUT2D eigenvalue weighted by atomic mass is 35.5. The predicted octanol–water partition coefficient (Wildman–Crippen LogP) is 2.70. The zero-order valence-corrected chi connectivity index (χ0v) is 11.9. The van der Waals surface area contributed by atoms with Crippen molar-refractivity contribution in [1.82, 2.24) is 9.97 Å². The van der Waals surface area contributed by atoms with Gasteiger partial charge in [-0.1, -0.05) is 25.4 Å². The van der Waals surface area contributed by atoms with Gasteiger partial charge in [-0.05, 0) is 19.8 Å². The van der Waals surface area contributed by atoms with E-state index in [9.17, 15) is 0 Å². The number of morpholine rings is 1. The van der Waals surface area contributed by atoms with Crippen LogP contribution in [-0.2, 0) is 11.2 Å². The van der Waals surface area contributed by atoms with E-state index in [1.807, 2.05) is 0 Å². The number of rotatable bonds is 3. The van der Waals surface area contributed by atoms with E-state index in [0.717, 1.165) is 37.4 Å². The molecule has 2 heterocycles. The van der Waals surface area contributed by atoms with Crippen molar-refractivity contribution in [2.75, 3.05) is 18.1 Å². The first-order valence-electron chi connectivity index (χ1n) is 6.54. The lowest BCUT2D eigenvalue weighted by Crippen LogP contribution is -2.49. The van der Waals surface area contributed by atoms with E-state index in [4.69, 9.17) is 16.3 Å². The summed E-state index contributed by atoms with van der Waals surface area (Å²) >= 11 is 6.17. The summed E-state index contributed by atoms with van der Waals surface area (Å²) in [6.07, 6.45) is 3.66. The first-order chi connectivity index (χ1) is 8.67. The van der Waals surface area contributed by atoms with Crippen LogP contribution in [0.25, 0.3) is 0 Å². The monoisotopic (exact) mass is 269 g/mol. The van der Waals surface area contributed by atoms with Crippen LogP contribution >= 0.6 is 11.6 Å². The normalized spacial score (nSPS) is 24.3. The molecule has 1 aromatic heterocycles. The fourth-order valence-corrected chi connectivity index (χ4v) is 2.64. The standard InChI is InChI=1S/C13H20ClN3O/c1-4-10-7-18-9(3)6-17(10)13-11(5-2)12(14)15-8-16-13/h8-10H,4-7H2,1-3H3. The van der Waals surface area contributed by atoms with E-state index < -0.39 is 0 Å². The van der Waals surface area contributed by atoms with Gasteiger partial charge in [0.1, 0.15) is 17.3 Å².